The van der Waals surface area contributed by atoms with Crippen molar-refractivity contribution in [2.45, 2.75) is 44.3 Å². The zero-order valence-electron chi connectivity index (χ0n) is 9.69. The molecule has 2 unspecified atom stereocenters. The van der Waals surface area contributed by atoms with Gasteiger partial charge in [0, 0.05) is 26.2 Å². The Morgan fingerprint density at radius 3 is 2.56 bits per heavy atom. The monoisotopic (exact) mass is 227 g/mol. The van der Waals surface area contributed by atoms with Crippen LogP contribution in [0.3, 0.4) is 0 Å². The van der Waals surface area contributed by atoms with Crippen LogP contribution in [0.1, 0.15) is 32.1 Å². The van der Waals surface area contributed by atoms with Gasteiger partial charge in [0.25, 0.3) is 0 Å². The second-order valence-electron chi connectivity index (χ2n) is 4.79. The second-order valence-corrected chi connectivity index (χ2v) is 4.79. The molecule has 2 aliphatic heterocycles. The highest BCUT2D eigenvalue weighted by molar-refractivity contribution is 5.83. The van der Waals surface area contributed by atoms with Crippen LogP contribution < -0.4 is 5.73 Å². The van der Waals surface area contributed by atoms with E-state index >= 15 is 0 Å². The minimum atomic E-state index is -0.184. The van der Waals surface area contributed by atoms with E-state index in [9.17, 15) is 4.79 Å². The molecule has 0 bridgehead atoms. The summed E-state index contributed by atoms with van der Waals surface area (Å²) in [6, 6.07) is 0. The second kappa shape index (κ2) is 5.75. The van der Waals surface area contributed by atoms with Crippen LogP contribution in [0.2, 0.25) is 0 Å². The molecule has 0 aromatic carbocycles. The van der Waals surface area contributed by atoms with Crippen LogP contribution in [0.5, 0.6) is 0 Å². The van der Waals surface area contributed by atoms with Crippen molar-refractivity contribution in [1.29, 1.82) is 0 Å². The number of ether oxygens (including phenoxy) is 2. The van der Waals surface area contributed by atoms with Crippen LogP contribution in [-0.4, -0.2) is 37.7 Å². The molecule has 0 amide bonds. The Morgan fingerprint density at radius 2 is 1.94 bits per heavy atom. The summed E-state index contributed by atoms with van der Waals surface area (Å²) in [5.41, 5.74) is 5.53. The summed E-state index contributed by atoms with van der Waals surface area (Å²) in [4.78, 5) is 12.0. The van der Waals surface area contributed by atoms with Crippen LogP contribution in [0.15, 0.2) is 0 Å². The lowest BCUT2D eigenvalue weighted by molar-refractivity contribution is -0.131. The fraction of sp³-hybridized carbons (Fsp3) is 0.917. The molecule has 16 heavy (non-hydrogen) atoms. The van der Waals surface area contributed by atoms with E-state index in [1.807, 2.05) is 0 Å². The Balaban J connectivity index is 1.75. The molecular weight excluding hydrogens is 206 g/mol. The van der Waals surface area contributed by atoms with E-state index in [0.29, 0.717) is 18.9 Å². The van der Waals surface area contributed by atoms with Gasteiger partial charge in [-0.2, -0.15) is 0 Å². The molecule has 0 spiro atoms. The molecule has 0 aromatic rings. The maximum atomic E-state index is 12.0. The minimum Gasteiger partial charge on any atom is -0.381 e. The van der Waals surface area contributed by atoms with Gasteiger partial charge < -0.3 is 15.2 Å². The summed E-state index contributed by atoms with van der Waals surface area (Å²) >= 11 is 0. The van der Waals surface area contributed by atoms with Gasteiger partial charge in [0.05, 0.1) is 6.10 Å². The third-order valence-electron chi connectivity index (χ3n) is 3.56. The lowest BCUT2D eigenvalue weighted by Crippen LogP contribution is -2.28. The normalized spacial score (nSPS) is 31.8. The minimum absolute atomic E-state index is 0.101. The molecule has 2 atom stereocenters. The van der Waals surface area contributed by atoms with Crippen LogP contribution in [-0.2, 0) is 14.3 Å². The standard InChI is InChI=1S/C12H21NO3/c13-8-10-1-2-12(16-10)11(14)7-9-3-5-15-6-4-9/h9-10,12H,1-8,13H2. The molecule has 4 nitrogen and oxygen atoms in total. The molecule has 2 aliphatic rings. The molecule has 4 heteroatoms. The van der Waals surface area contributed by atoms with Gasteiger partial charge in [0.1, 0.15) is 6.10 Å². The van der Waals surface area contributed by atoms with E-state index in [1.165, 1.54) is 0 Å². The summed E-state index contributed by atoms with van der Waals surface area (Å²) in [7, 11) is 0. The van der Waals surface area contributed by atoms with Crippen molar-refractivity contribution in [3.05, 3.63) is 0 Å². The summed E-state index contributed by atoms with van der Waals surface area (Å²) in [6.07, 6.45) is 4.38. The van der Waals surface area contributed by atoms with Gasteiger partial charge in [-0.25, -0.2) is 0 Å². The number of ketones is 1. The summed E-state index contributed by atoms with van der Waals surface area (Å²) < 4.78 is 10.9. The van der Waals surface area contributed by atoms with Crippen molar-refractivity contribution in [1.82, 2.24) is 0 Å². The first-order chi connectivity index (χ1) is 7.79. The highest BCUT2D eigenvalue weighted by atomic mass is 16.5. The van der Waals surface area contributed by atoms with Gasteiger partial charge in [0.2, 0.25) is 0 Å². The number of nitrogens with two attached hydrogens (primary N) is 1. The van der Waals surface area contributed by atoms with E-state index < -0.39 is 0 Å². The van der Waals surface area contributed by atoms with Gasteiger partial charge in [-0.05, 0) is 31.6 Å². The van der Waals surface area contributed by atoms with E-state index in [2.05, 4.69) is 0 Å². The summed E-state index contributed by atoms with van der Waals surface area (Å²) in [5.74, 6) is 0.768. The van der Waals surface area contributed by atoms with Crippen LogP contribution in [0, 0.1) is 5.92 Å². The third kappa shape index (κ3) is 3.03. The Hall–Kier alpha value is -0.450. The Labute approximate surface area is 96.5 Å². The van der Waals surface area contributed by atoms with Crippen molar-refractivity contribution in [2.24, 2.45) is 11.7 Å². The van der Waals surface area contributed by atoms with Gasteiger partial charge in [-0.1, -0.05) is 0 Å². The van der Waals surface area contributed by atoms with Gasteiger partial charge >= 0.3 is 0 Å². The predicted molar refractivity (Wildman–Crippen MR) is 60.1 cm³/mol. The van der Waals surface area contributed by atoms with Crippen LogP contribution in [0.4, 0.5) is 0 Å². The van der Waals surface area contributed by atoms with Crippen molar-refractivity contribution in [3.63, 3.8) is 0 Å². The Morgan fingerprint density at radius 1 is 1.19 bits per heavy atom. The largest absolute Gasteiger partial charge is 0.381 e. The average Bonchev–Trinajstić information content (AvgIpc) is 2.79. The number of rotatable bonds is 4. The van der Waals surface area contributed by atoms with Gasteiger partial charge in [-0.3, -0.25) is 4.79 Å². The molecule has 2 N–H and O–H groups in total. The molecule has 2 fully saturated rings. The summed E-state index contributed by atoms with van der Waals surface area (Å²) in [5, 5.41) is 0. The number of Topliss-reactive ketones (excluding diaryl/α,β-unsaturated/α-hetero) is 1. The number of hydrogen-bond donors (Lipinski definition) is 1. The highest BCUT2D eigenvalue weighted by Crippen LogP contribution is 2.25. The van der Waals surface area contributed by atoms with E-state index in [-0.39, 0.29) is 18.0 Å². The lowest BCUT2D eigenvalue weighted by atomic mass is 9.92. The zero-order chi connectivity index (χ0) is 11.4. The topological polar surface area (TPSA) is 61.6 Å². The fourth-order valence-electron chi connectivity index (χ4n) is 2.48. The molecule has 2 saturated heterocycles. The molecule has 2 rings (SSSR count). The number of carbonyl (C=O) groups excluding carboxylic acids is 1. The summed E-state index contributed by atoms with van der Waals surface area (Å²) in [6.45, 7) is 2.13. The quantitative estimate of drug-likeness (QED) is 0.774. The molecular formula is C12H21NO3. The van der Waals surface area contributed by atoms with Crippen molar-refractivity contribution in [2.75, 3.05) is 19.8 Å². The van der Waals surface area contributed by atoms with E-state index in [4.69, 9.17) is 15.2 Å². The molecule has 92 valence electrons. The average molecular weight is 227 g/mol. The van der Waals surface area contributed by atoms with Crippen LogP contribution >= 0.6 is 0 Å². The third-order valence-corrected chi connectivity index (χ3v) is 3.56. The first-order valence-corrected chi connectivity index (χ1v) is 6.25. The number of carbonyl (C=O) groups is 1. The van der Waals surface area contributed by atoms with E-state index in [0.717, 1.165) is 38.9 Å². The Kier molecular flexibility index (Phi) is 4.32. The van der Waals surface area contributed by atoms with Gasteiger partial charge in [0.15, 0.2) is 5.78 Å². The molecule has 0 aromatic heterocycles. The molecule has 0 radical (unpaired) electrons. The van der Waals surface area contributed by atoms with E-state index in [1.54, 1.807) is 0 Å². The maximum Gasteiger partial charge on any atom is 0.161 e. The molecule has 0 saturated carbocycles. The first-order valence-electron chi connectivity index (χ1n) is 6.25. The van der Waals surface area contributed by atoms with Gasteiger partial charge in [-0.15, -0.1) is 0 Å². The number of hydrogen-bond acceptors (Lipinski definition) is 4. The fourth-order valence-corrected chi connectivity index (χ4v) is 2.48. The van der Waals surface area contributed by atoms with Crippen LogP contribution in [0.25, 0.3) is 0 Å². The van der Waals surface area contributed by atoms with Crippen molar-refractivity contribution >= 4 is 5.78 Å². The predicted octanol–water partition coefficient (Wildman–Crippen LogP) is 0.878. The van der Waals surface area contributed by atoms with Crippen molar-refractivity contribution < 1.29 is 14.3 Å². The highest BCUT2D eigenvalue weighted by Gasteiger charge is 2.31. The maximum absolute atomic E-state index is 12.0. The molecule has 0 aliphatic carbocycles. The van der Waals surface area contributed by atoms with Crippen molar-refractivity contribution in [3.8, 4) is 0 Å². The zero-order valence-corrected chi connectivity index (χ0v) is 9.69. The first kappa shape index (κ1) is 12.0. The molecule has 2 heterocycles. The lowest BCUT2D eigenvalue weighted by Gasteiger charge is -2.22. The SMILES string of the molecule is NCC1CCC(C(=O)CC2CCOCC2)O1. The Bertz CT molecular complexity index is 238. The smallest absolute Gasteiger partial charge is 0.161 e.